The Kier molecular flexibility index (Phi) is 10.1. The van der Waals surface area contributed by atoms with E-state index in [-0.39, 0.29) is 17.9 Å². The second kappa shape index (κ2) is 13.6. The summed E-state index contributed by atoms with van der Waals surface area (Å²) in [6, 6.07) is 8.45. The van der Waals surface area contributed by atoms with Crippen molar-refractivity contribution in [1.29, 1.82) is 0 Å². The molecule has 2 saturated heterocycles. The SMILES string of the molecule is CN[C@@H](C)C(=O)N[C@H](C(=O)N1CCC[C@H]1Cc1c(-c2ccc(F)cc2)n(C2O[C@@H](C)[C@@H](O)[C@@H](O)[C@@H]2O)c2cc(F)ccc12)C(C)(C)C. The first-order valence-electron chi connectivity index (χ1n) is 16.2. The Balaban J connectivity index is 1.63. The first-order chi connectivity index (χ1) is 22.1. The molecule has 256 valence electrons. The van der Waals surface area contributed by atoms with Crippen LogP contribution in [-0.2, 0) is 20.7 Å². The molecule has 8 atom stereocenters. The van der Waals surface area contributed by atoms with Gasteiger partial charge in [-0.3, -0.25) is 9.59 Å². The molecule has 2 aromatic carbocycles. The summed E-state index contributed by atoms with van der Waals surface area (Å²) in [5, 5.41) is 38.9. The number of rotatable bonds is 8. The van der Waals surface area contributed by atoms with Crippen LogP contribution in [-0.4, -0.2) is 92.7 Å². The first-order valence-corrected chi connectivity index (χ1v) is 16.2. The fourth-order valence-electron chi connectivity index (χ4n) is 6.77. The minimum absolute atomic E-state index is 0.202. The number of halogens is 2. The average molecular weight is 657 g/mol. The predicted molar refractivity (Wildman–Crippen MR) is 173 cm³/mol. The molecular weight excluding hydrogens is 610 g/mol. The van der Waals surface area contributed by atoms with Crippen molar-refractivity contribution in [2.45, 2.75) is 103 Å². The topological polar surface area (TPSA) is 136 Å². The molecule has 3 aromatic rings. The number of aromatic nitrogens is 1. The molecule has 5 N–H and O–H groups in total. The lowest BCUT2D eigenvalue weighted by Gasteiger charge is -2.41. The summed E-state index contributed by atoms with van der Waals surface area (Å²) < 4.78 is 36.8. The van der Waals surface area contributed by atoms with Gasteiger partial charge in [-0.2, -0.15) is 0 Å². The molecule has 0 bridgehead atoms. The normalized spacial score (nSPS) is 26.4. The largest absolute Gasteiger partial charge is 0.388 e. The molecule has 2 aliphatic heterocycles. The van der Waals surface area contributed by atoms with Gasteiger partial charge in [-0.1, -0.05) is 20.8 Å². The second-order valence-corrected chi connectivity index (χ2v) is 13.9. The zero-order chi connectivity index (χ0) is 34.4. The molecule has 0 aliphatic carbocycles. The summed E-state index contributed by atoms with van der Waals surface area (Å²) in [6.07, 6.45) is -4.83. The van der Waals surface area contributed by atoms with Crippen LogP contribution >= 0.6 is 0 Å². The van der Waals surface area contributed by atoms with Gasteiger partial charge < -0.3 is 40.2 Å². The molecule has 10 nitrogen and oxygen atoms in total. The van der Waals surface area contributed by atoms with Crippen molar-refractivity contribution in [3.8, 4) is 11.3 Å². The van der Waals surface area contributed by atoms with E-state index in [1.807, 2.05) is 20.8 Å². The van der Waals surface area contributed by atoms with Gasteiger partial charge in [0.1, 0.15) is 36.0 Å². The number of ether oxygens (including phenoxy) is 1. The maximum Gasteiger partial charge on any atom is 0.245 e. The van der Waals surface area contributed by atoms with Gasteiger partial charge in [0.05, 0.1) is 23.4 Å². The monoisotopic (exact) mass is 656 g/mol. The van der Waals surface area contributed by atoms with Crippen LogP contribution in [0.1, 0.15) is 59.3 Å². The number of aliphatic hydroxyl groups is 3. The number of carbonyl (C=O) groups is 2. The van der Waals surface area contributed by atoms with Crippen molar-refractivity contribution in [2.75, 3.05) is 13.6 Å². The summed E-state index contributed by atoms with van der Waals surface area (Å²) in [6.45, 7) is 9.49. The lowest BCUT2D eigenvalue weighted by Crippen LogP contribution is -2.58. The molecule has 1 unspecified atom stereocenters. The standard InChI is InChI=1S/C35H46F2N4O6/c1-18(38-6)32(45)39-31(35(3,4)5)33(46)40-15-7-8-23(40)17-25-24-14-13-22(37)16-26(24)41(27(25)20-9-11-21(36)12-10-20)34-30(44)29(43)28(42)19(2)47-34/h9-14,16,18-19,23,28-31,34,38,42-44H,7-8,15,17H2,1-6H3,(H,39,45)/t18-,19-,23-,28+,29+,30-,31+,34?/m0/s1. The van der Waals surface area contributed by atoms with Crippen molar-refractivity contribution < 1.29 is 38.4 Å². The Morgan fingerprint density at radius 1 is 1.02 bits per heavy atom. The van der Waals surface area contributed by atoms with E-state index >= 15 is 0 Å². The van der Waals surface area contributed by atoms with Gasteiger partial charge in [0, 0.05) is 18.0 Å². The van der Waals surface area contributed by atoms with E-state index in [0.29, 0.717) is 41.5 Å². The summed E-state index contributed by atoms with van der Waals surface area (Å²) in [7, 11) is 1.68. The summed E-state index contributed by atoms with van der Waals surface area (Å²) in [4.78, 5) is 28.9. The highest BCUT2D eigenvalue weighted by Crippen LogP contribution is 2.42. The molecular formula is C35H46F2N4O6. The Morgan fingerprint density at radius 2 is 1.68 bits per heavy atom. The van der Waals surface area contributed by atoms with Crippen LogP contribution in [0.2, 0.25) is 0 Å². The Labute approximate surface area is 273 Å². The van der Waals surface area contributed by atoms with Crippen molar-refractivity contribution >= 4 is 22.7 Å². The number of fused-ring (bicyclic) bond motifs is 1. The molecule has 0 saturated carbocycles. The first kappa shape index (κ1) is 34.9. The van der Waals surface area contributed by atoms with Gasteiger partial charge >= 0.3 is 0 Å². The Bertz CT molecular complexity index is 1610. The van der Waals surface area contributed by atoms with Crippen LogP contribution in [0.4, 0.5) is 8.78 Å². The highest BCUT2D eigenvalue weighted by Gasteiger charge is 2.45. The zero-order valence-corrected chi connectivity index (χ0v) is 27.7. The molecule has 5 rings (SSSR count). The number of hydrogen-bond donors (Lipinski definition) is 5. The van der Waals surface area contributed by atoms with Crippen LogP contribution in [0.3, 0.4) is 0 Å². The maximum atomic E-state index is 14.9. The third-order valence-corrected chi connectivity index (χ3v) is 9.60. The summed E-state index contributed by atoms with van der Waals surface area (Å²) >= 11 is 0. The van der Waals surface area contributed by atoms with Crippen LogP contribution in [0.25, 0.3) is 22.2 Å². The van der Waals surface area contributed by atoms with E-state index < -0.39 is 59.8 Å². The van der Waals surface area contributed by atoms with Gasteiger partial charge in [0.25, 0.3) is 0 Å². The van der Waals surface area contributed by atoms with E-state index in [1.165, 1.54) is 24.3 Å². The van der Waals surface area contributed by atoms with Crippen LogP contribution in [0.15, 0.2) is 42.5 Å². The van der Waals surface area contributed by atoms with Crippen molar-refractivity contribution in [2.24, 2.45) is 5.41 Å². The second-order valence-electron chi connectivity index (χ2n) is 13.9. The van der Waals surface area contributed by atoms with Crippen LogP contribution < -0.4 is 10.6 Å². The van der Waals surface area contributed by atoms with Crippen molar-refractivity contribution in [1.82, 2.24) is 20.1 Å². The highest BCUT2D eigenvalue weighted by molar-refractivity contribution is 5.93. The predicted octanol–water partition coefficient (Wildman–Crippen LogP) is 3.26. The van der Waals surface area contributed by atoms with E-state index in [1.54, 1.807) is 48.6 Å². The smallest absolute Gasteiger partial charge is 0.245 e. The molecule has 1 aromatic heterocycles. The van der Waals surface area contributed by atoms with E-state index in [4.69, 9.17) is 4.74 Å². The minimum Gasteiger partial charge on any atom is -0.388 e. The molecule has 2 aliphatic rings. The number of carbonyl (C=O) groups excluding carboxylic acids is 2. The number of aliphatic hydroxyl groups excluding tert-OH is 3. The van der Waals surface area contributed by atoms with Gasteiger partial charge in [-0.05, 0) is 99.2 Å². The number of benzene rings is 2. The third-order valence-electron chi connectivity index (χ3n) is 9.60. The van der Waals surface area contributed by atoms with E-state index in [0.717, 1.165) is 12.0 Å². The van der Waals surface area contributed by atoms with Crippen molar-refractivity contribution in [3.05, 3.63) is 59.7 Å². The zero-order valence-electron chi connectivity index (χ0n) is 27.7. The number of nitrogens with zero attached hydrogens (tertiary/aromatic N) is 2. The Morgan fingerprint density at radius 3 is 2.32 bits per heavy atom. The molecule has 2 fully saturated rings. The quantitative estimate of drug-likeness (QED) is 0.251. The summed E-state index contributed by atoms with van der Waals surface area (Å²) in [5.74, 6) is -1.48. The van der Waals surface area contributed by atoms with Gasteiger partial charge in [0.2, 0.25) is 11.8 Å². The fourth-order valence-corrected chi connectivity index (χ4v) is 6.77. The van der Waals surface area contributed by atoms with E-state index in [2.05, 4.69) is 10.6 Å². The summed E-state index contributed by atoms with van der Waals surface area (Å²) in [5.41, 5.74) is 1.57. The van der Waals surface area contributed by atoms with Gasteiger partial charge in [-0.15, -0.1) is 0 Å². The number of likely N-dealkylation sites (tertiary alicyclic amines) is 1. The lowest BCUT2D eigenvalue weighted by molar-refractivity contribution is -0.238. The average Bonchev–Trinajstić information content (AvgIpc) is 3.62. The van der Waals surface area contributed by atoms with Gasteiger partial charge in [-0.25, -0.2) is 8.78 Å². The van der Waals surface area contributed by atoms with Crippen molar-refractivity contribution in [3.63, 3.8) is 0 Å². The minimum atomic E-state index is -1.58. The van der Waals surface area contributed by atoms with Crippen LogP contribution in [0.5, 0.6) is 0 Å². The Hall–Kier alpha value is -3.42. The molecule has 47 heavy (non-hydrogen) atoms. The highest BCUT2D eigenvalue weighted by atomic mass is 19.1. The maximum absolute atomic E-state index is 14.9. The molecule has 2 amide bonds. The molecule has 0 spiro atoms. The molecule has 3 heterocycles. The van der Waals surface area contributed by atoms with Crippen LogP contribution in [0, 0.1) is 17.0 Å². The number of hydrogen-bond acceptors (Lipinski definition) is 7. The number of amides is 2. The van der Waals surface area contributed by atoms with Gasteiger partial charge in [0.15, 0.2) is 6.23 Å². The molecule has 0 radical (unpaired) electrons. The van der Waals surface area contributed by atoms with E-state index in [9.17, 15) is 33.7 Å². The number of nitrogens with one attached hydrogen (secondary N) is 2. The molecule has 12 heteroatoms. The fraction of sp³-hybridized carbons (Fsp3) is 0.543. The lowest BCUT2D eigenvalue weighted by atomic mass is 9.85. The third kappa shape index (κ3) is 6.80. The number of likely N-dealkylation sites (N-methyl/N-ethyl adjacent to an activating group) is 1.